The number of phenolic OH excluding ortho intramolecular Hbond substituents is 1. The van der Waals surface area contributed by atoms with Gasteiger partial charge in [-0.2, -0.15) is 0 Å². The monoisotopic (exact) mass is 330 g/mol. The van der Waals surface area contributed by atoms with Crippen LogP contribution in [0.1, 0.15) is 24.0 Å². The molecule has 0 amide bonds. The molecular formula is C18H18O6. The summed E-state index contributed by atoms with van der Waals surface area (Å²) in [4.78, 5) is 11.4. The van der Waals surface area contributed by atoms with Gasteiger partial charge in [0.25, 0.3) is 0 Å². The molecule has 0 spiro atoms. The molecule has 0 radical (unpaired) electrons. The van der Waals surface area contributed by atoms with Gasteiger partial charge in [0.2, 0.25) is 6.79 Å². The maximum absolute atomic E-state index is 11.4. The molecule has 126 valence electrons. The summed E-state index contributed by atoms with van der Waals surface area (Å²) in [6.07, 6.45) is 0. The molecule has 3 rings (SSSR count). The zero-order valence-electron chi connectivity index (χ0n) is 13.4. The average molecular weight is 330 g/mol. The Hall–Kier alpha value is -2.89. The van der Waals surface area contributed by atoms with E-state index in [1.54, 1.807) is 18.2 Å². The van der Waals surface area contributed by atoms with Gasteiger partial charge in [-0.3, -0.25) is 0 Å². The van der Waals surface area contributed by atoms with E-state index in [1.807, 2.05) is 25.1 Å². The number of hydrogen-bond acceptors (Lipinski definition) is 6. The van der Waals surface area contributed by atoms with Crippen LogP contribution in [0.4, 0.5) is 0 Å². The van der Waals surface area contributed by atoms with Gasteiger partial charge in [-0.1, -0.05) is 19.1 Å². The van der Waals surface area contributed by atoms with E-state index in [9.17, 15) is 9.90 Å². The lowest BCUT2D eigenvalue weighted by atomic mass is 9.92. The van der Waals surface area contributed by atoms with Crippen molar-refractivity contribution in [2.75, 3.05) is 20.5 Å². The Balaban J connectivity index is 1.94. The lowest BCUT2D eigenvalue weighted by Crippen LogP contribution is -2.14. The largest absolute Gasteiger partial charge is 0.508 e. The molecule has 6 heteroatoms. The van der Waals surface area contributed by atoms with Crippen LogP contribution in [-0.2, 0) is 9.53 Å². The molecule has 0 saturated heterocycles. The summed E-state index contributed by atoms with van der Waals surface area (Å²) >= 11 is 0. The highest BCUT2D eigenvalue weighted by Gasteiger charge is 2.22. The second-order valence-electron chi connectivity index (χ2n) is 5.42. The molecule has 0 fully saturated rings. The zero-order chi connectivity index (χ0) is 17.1. The predicted molar refractivity (Wildman–Crippen MR) is 85.7 cm³/mol. The Labute approximate surface area is 139 Å². The van der Waals surface area contributed by atoms with Gasteiger partial charge in [-0.15, -0.1) is 0 Å². The molecule has 0 aliphatic carbocycles. The van der Waals surface area contributed by atoms with Gasteiger partial charge in [0.1, 0.15) is 11.5 Å². The highest BCUT2D eigenvalue weighted by Crippen LogP contribution is 2.42. The Morgan fingerprint density at radius 3 is 2.54 bits per heavy atom. The van der Waals surface area contributed by atoms with E-state index >= 15 is 0 Å². The highest BCUT2D eigenvalue weighted by molar-refractivity contribution is 5.71. The zero-order valence-corrected chi connectivity index (χ0v) is 13.4. The lowest BCUT2D eigenvalue weighted by Gasteiger charge is -2.18. The third-order valence-corrected chi connectivity index (χ3v) is 3.94. The third-order valence-electron chi connectivity index (χ3n) is 3.94. The summed E-state index contributed by atoms with van der Waals surface area (Å²) in [5.74, 6) is 1.46. The number of hydrogen-bond donors (Lipinski definition) is 1. The Morgan fingerprint density at radius 2 is 1.88 bits per heavy atom. The van der Waals surface area contributed by atoms with Crippen molar-refractivity contribution in [2.45, 2.75) is 12.8 Å². The SMILES string of the molecule is COC(=O)COc1cc2c(cc1[C@H](C)c1ccc(O)cc1)OCO2. The van der Waals surface area contributed by atoms with E-state index in [-0.39, 0.29) is 25.1 Å². The van der Waals surface area contributed by atoms with Crippen molar-refractivity contribution in [3.63, 3.8) is 0 Å². The van der Waals surface area contributed by atoms with Gasteiger partial charge in [0, 0.05) is 17.5 Å². The number of rotatable bonds is 5. The van der Waals surface area contributed by atoms with Gasteiger partial charge >= 0.3 is 5.97 Å². The Bertz CT molecular complexity index is 738. The fourth-order valence-electron chi connectivity index (χ4n) is 2.54. The maximum atomic E-state index is 11.4. The minimum Gasteiger partial charge on any atom is -0.508 e. The van der Waals surface area contributed by atoms with Crippen molar-refractivity contribution in [2.24, 2.45) is 0 Å². The highest BCUT2D eigenvalue weighted by atomic mass is 16.7. The summed E-state index contributed by atoms with van der Waals surface area (Å²) in [6, 6.07) is 10.5. The quantitative estimate of drug-likeness (QED) is 0.850. The van der Waals surface area contributed by atoms with Gasteiger partial charge < -0.3 is 24.1 Å². The van der Waals surface area contributed by atoms with Crippen LogP contribution in [0.3, 0.4) is 0 Å². The summed E-state index contributed by atoms with van der Waals surface area (Å²) in [5, 5.41) is 9.45. The first kappa shape index (κ1) is 16.0. The molecule has 1 aliphatic heterocycles. The van der Waals surface area contributed by atoms with Crippen LogP contribution in [0.5, 0.6) is 23.0 Å². The second-order valence-corrected chi connectivity index (χ2v) is 5.42. The number of aromatic hydroxyl groups is 1. The van der Waals surface area contributed by atoms with Gasteiger partial charge in [0.05, 0.1) is 7.11 Å². The number of phenols is 1. The van der Waals surface area contributed by atoms with E-state index in [1.165, 1.54) is 7.11 Å². The van der Waals surface area contributed by atoms with Crippen LogP contribution in [-0.4, -0.2) is 31.6 Å². The summed E-state index contributed by atoms with van der Waals surface area (Å²) in [5.41, 5.74) is 1.85. The average Bonchev–Trinajstić information content (AvgIpc) is 3.06. The van der Waals surface area contributed by atoms with Crippen molar-refractivity contribution in [1.82, 2.24) is 0 Å². The third kappa shape index (κ3) is 3.22. The smallest absolute Gasteiger partial charge is 0.343 e. The minimum absolute atomic E-state index is 0.0345. The van der Waals surface area contributed by atoms with E-state index in [2.05, 4.69) is 4.74 Å². The summed E-state index contributed by atoms with van der Waals surface area (Å²) in [6.45, 7) is 1.98. The van der Waals surface area contributed by atoms with Crippen LogP contribution in [0, 0.1) is 0 Å². The first-order chi connectivity index (χ1) is 11.6. The minimum atomic E-state index is -0.462. The van der Waals surface area contributed by atoms with Crippen molar-refractivity contribution in [1.29, 1.82) is 0 Å². The van der Waals surface area contributed by atoms with Gasteiger partial charge in [-0.25, -0.2) is 4.79 Å². The molecule has 1 N–H and O–H groups in total. The molecule has 1 heterocycles. The molecule has 2 aromatic rings. The molecule has 0 saturated carbocycles. The summed E-state index contributed by atoms with van der Waals surface area (Å²) < 4.78 is 21.1. The fraction of sp³-hybridized carbons (Fsp3) is 0.278. The van der Waals surface area contributed by atoms with Crippen LogP contribution in [0.15, 0.2) is 36.4 Å². The van der Waals surface area contributed by atoms with Crippen molar-refractivity contribution >= 4 is 5.97 Å². The molecule has 1 atom stereocenters. The molecule has 1 aliphatic rings. The van der Waals surface area contributed by atoms with Crippen LogP contribution in [0.2, 0.25) is 0 Å². The summed E-state index contributed by atoms with van der Waals surface area (Å²) in [7, 11) is 1.31. The molecule has 2 aromatic carbocycles. The number of carbonyl (C=O) groups is 1. The number of carbonyl (C=O) groups excluding carboxylic acids is 1. The molecular weight excluding hydrogens is 312 g/mol. The lowest BCUT2D eigenvalue weighted by molar-refractivity contribution is -0.142. The van der Waals surface area contributed by atoms with Crippen molar-refractivity contribution in [3.8, 4) is 23.0 Å². The maximum Gasteiger partial charge on any atom is 0.343 e. The van der Waals surface area contributed by atoms with E-state index < -0.39 is 5.97 Å². The molecule has 0 aromatic heterocycles. The number of benzene rings is 2. The first-order valence-electron chi connectivity index (χ1n) is 7.50. The molecule has 24 heavy (non-hydrogen) atoms. The number of methoxy groups -OCH3 is 1. The van der Waals surface area contributed by atoms with E-state index in [4.69, 9.17) is 14.2 Å². The van der Waals surface area contributed by atoms with Gasteiger partial charge in [0.15, 0.2) is 18.1 Å². The number of fused-ring (bicyclic) bond motifs is 1. The molecule has 6 nitrogen and oxygen atoms in total. The number of ether oxygens (including phenoxy) is 4. The predicted octanol–water partition coefficient (Wildman–Crippen LogP) is 2.82. The molecule has 0 bridgehead atoms. The van der Waals surface area contributed by atoms with E-state index in [0.717, 1.165) is 11.1 Å². The van der Waals surface area contributed by atoms with E-state index in [0.29, 0.717) is 17.2 Å². The molecule has 0 unspecified atom stereocenters. The normalized spacial score (nSPS) is 13.4. The standard InChI is InChI=1S/C18H18O6/c1-11(12-3-5-13(19)6-4-12)14-7-16-17(24-10-23-16)8-15(14)22-9-18(20)21-2/h3-8,11,19H,9-10H2,1-2H3/t11-/m1/s1. The van der Waals surface area contributed by atoms with Crippen LogP contribution >= 0.6 is 0 Å². The second kappa shape index (κ2) is 6.70. The van der Waals surface area contributed by atoms with Crippen LogP contribution < -0.4 is 14.2 Å². The Kier molecular flexibility index (Phi) is 4.46. The van der Waals surface area contributed by atoms with Crippen LogP contribution in [0.25, 0.3) is 0 Å². The van der Waals surface area contributed by atoms with Gasteiger partial charge in [-0.05, 0) is 23.8 Å². The Morgan fingerprint density at radius 1 is 1.21 bits per heavy atom. The first-order valence-corrected chi connectivity index (χ1v) is 7.50. The van der Waals surface area contributed by atoms with Crippen molar-refractivity contribution in [3.05, 3.63) is 47.5 Å². The van der Waals surface area contributed by atoms with Crippen molar-refractivity contribution < 1.29 is 28.8 Å². The fourth-order valence-corrected chi connectivity index (χ4v) is 2.54. The topological polar surface area (TPSA) is 74.2 Å². The number of esters is 1.